The SMILES string of the molecule is CCCCCCCCCCCCCCCCCC1=NC(C)C(C)N1. The second-order valence-corrected chi connectivity index (χ2v) is 7.95. The molecule has 0 aromatic rings. The molecule has 0 amide bonds. The molecule has 2 unspecified atom stereocenters. The van der Waals surface area contributed by atoms with E-state index >= 15 is 0 Å². The summed E-state index contributed by atoms with van der Waals surface area (Å²) >= 11 is 0. The third-order valence-electron chi connectivity index (χ3n) is 5.49. The van der Waals surface area contributed by atoms with E-state index in [1.807, 2.05) is 0 Å². The minimum Gasteiger partial charge on any atom is -0.369 e. The molecule has 1 heterocycles. The number of amidine groups is 1. The van der Waals surface area contributed by atoms with Crippen LogP contribution in [0.1, 0.15) is 124 Å². The Hall–Kier alpha value is -0.530. The number of nitrogens with zero attached hydrogens (tertiary/aromatic N) is 1. The Morgan fingerprint density at radius 2 is 1.08 bits per heavy atom. The fourth-order valence-electron chi connectivity index (χ4n) is 3.58. The number of hydrogen-bond acceptors (Lipinski definition) is 2. The van der Waals surface area contributed by atoms with Crippen LogP contribution >= 0.6 is 0 Å². The largest absolute Gasteiger partial charge is 0.369 e. The van der Waals surface area contributed by atoms with Crippen LogP contribution in [-0.2, 0) is 0 Å². The third kappa shape index (κ3) is 11.1. The van der Waals surface area contributed by atoms with Gasteiger partial charge in [-0.2, -0.15) is 0 Å². The van der Waals surface area contributed by atoms with Gasteiger partial charge in [-0.1, -0.05) is 96.8 Å². The van der Waals surface area contributed by atoms with Gasteiger partial charge in [-0.05, 0) is 20.3 Å². The van der Waals surface area contributed by atoms with Crippen LogP contribution in [0.4, 0.5) is 0 Å². The second-order valence-electron chi connectivity index (χ2n) is 7.95. The first-order chi connectivity index (χ1) is 11.7. The first kappa shape index (κ1) is 21.5. The van der Waals surface area contributed by atoms with Crippen molar-refractivity contribution in [3.05, 3.63) is 0 Å². The molecule has 2 heteroatoms. The van der Waals surface area contributed by atoms with E-state index in [2.05, 4.69) is 31.1 Å². The van der Waals surface area contributed by atoms with Crippen molar-refractivity contribution < 1.29 is 0 Å². The van der Waals surface area contributed by atoms with E-state index in [9.17, 15) is 0 Å². The number of hydrogen-bond donors (Lipinski definition) is 1. The summed E-state index contributed by atoms with van der Waals surface area (Å²) in [5.74, 6) is 1.25. The Bertz CT molecular complexity index is 311. The van der Waals surface area contributed by atoms with E-state index in [-0.39, 0.29) is 0 Å². The van der Waals surface area contributed by atoms with Gasteiger partial charge in [0.15, 0.2) is 0 Å². The first-order valence-electron chi connectivity index (χ1n) is 11.1. The van der Waals surface area contributed by atoms with Gasteiger partial charge in [0, 0.05) is 12.5 Å². The Kier molecular flexibility index (Phi) is 13.3. The number of unbranched alkanes of at least 4 members (excludes halogenated alkanes) is 14. The molecule has 1 aliphatic rings. The highest BCUT2D eigenvalue weighted by atomic mass is 15.1. The maximum atomic E-state index is 4.68. The van der Waals surface area contributed by atoms with Gasteiger partial charge < -0.3 is 5.32 Å². The normalized spacial score (nSPS) is 20.2. The lowest BCUT2D eigenvalue weighted by atomic mass is 10.0. The highest BCUT2D eigenvalue weighted by molar-refractivity contribution is 5.84. The monoisotopic (exact) mass is 336 g/mol. The molecule has 1 N–H and O–H groups in total. The molecule has 2 nitrogen and oxygen atoms in total. The lowest BCUT2D eigenvalue weighted by Crippen LogP contribution is -2.30. The van der Waals surface area contributed by atoms with E-state index in [1.165, 1.54) is 102 Å². The Morgan fingerprint density at radius 1 is 0.667 bits per heavy atom. The van der Waals surface area contributed by atoms with Crippen molar-refractivity contribution in [1.29, 1.82) is 0 Å². The molecule has 0 saturated carbocycles. The van der Waals surface area contributed by atoms with Crippen LogP contribution < -0.4 is 5.32 Å². The lowest BCUT2D eigenvalue weighted by Gasteiger charge is -2.08. The minimum atomic E-state index is 0.469. The molecule has 0 aliphatic carbocycles. The number of aliphatic imine (C=N–C) groups is 1. The summed E-state index contributed by atoms with van der Waals surface area (Å²) < 4.78 is 0. The molecule has 0 spiro atoms. The molecule has 142 valence electrons. The molecule has 2 atom stereocenters. The van der Waals surface area contributed by atoms with Gasteiger partial charge in [-0.15, -0.1) is 0 Å². The van der Waals surface area contributed by atoms with Crippen LogP contribution in [0.5, 0.6) is 0 Å². The zero-order chi connectivity index (χ0) is 17.5. The highest BCUT2D eigenvalue weighted by Crippen LogP contribution is 2.14. The van der Waals surface area contributed by atoms with Gasteiger partial charge in [0.05, 0.1) is 11.9 Å². The predicted octanol–water partition coefficient (Wildman–Crippen LogP) is 7.03. The van der Waals surface area contributed by atoms with Crippen molar-refractivity contribution in [3.8, 4) is 0 Å². The van der Waals surface area contributed by atoms with Gasteiger partial charge in [-0.3, -0.25) is 4.99 Å². The van der Waals surface area contributed by atoms with Crippen LogP contribution in [0.15, 0.2) is 4.99 Å². The average Bonchev–Trinajstić information content (AvgIpc) is 2.89. The van der Waals surface area contributed by atoms with Crippen LogP contribution in [0, 0.1) is 0 Å². The maximum absolute atomic E-state index is 4.68. The Balaban J connectivity index is 1.73. The molecule has 1 rings (SSSR count). The molecular weight excluding hydrogens is 292 g/mol. The fourth-order valence-corrected chi connectivity index (χ4v) is 3.58. The zero-order valence-corrected chi connectivity index (χ0v) is 16.9. The summed E-state index contributed by atoms with van der Waals surface area (Å²) in [5, 5.41) is 3.50. The van der Waals surface area contributed by atoms with Crippen molar-refractivity contribution in [2.24, 2.45) is 4.99 Å². The molecule has 0 saturated heterocycles. The molecule has 24 heavy (non-hydrogen) atoms. The molecule has 0 fully saturated rings. The van der Waals surface area contributed by atoms with Gasteiger partial charge in [0.2, 0.25) is 0 Å². The average molecular weight is 337 g/mol. The zero-order valence-electron chi connectivity index (χ0n) is 16.9. The van der Waals surface area contributed by atoms with Crippen LogP contribution in [0.2, 0.25) is 0 Å². The van der Waals surface area contributed by atoms with Crippen LogP contribution in [-0.4, -0.2) is 17.9 Å². The summed E-state index contributed by atoms with van der Waals surface area (Å²) in [6, 6.07) is 1.01. The van der Waals surface area contributed by atoms with E-state index in [0.29, 0.717) is 12.1 Å². The quantitative estimate of drug-likeness (QED) is 0.301. The molecule has 0 aromatic carbocycles. The summed E-state index contributed by atoms with van der Waals surface area (Å²) in [6.45, 7) is 6.73. The smallest absolute Gasteiger partial charge is 0.0970 e. The van der Waals surface area contributed by atoms with Gasteiger partial charge in [0.25, 0.3) is 0 Å². The van der Waals surface area contributed by atoms with Gasteiger partial charge in [0.1, 0.15) is 0 Å². The van der Waals surface area contributed by atoms with Crippen molar-refractivity contribution >= 4 is 5.84 Å². The third-order valence-corrected chi connectivity index (χ3v) is 5.49. The number of nitrogens with one attached hydrogen (secondary N) is 1. The molecule has 0 radical (unpaired) electrons. The van der Waals surface area contributed by atoms with E-state index in [4.69, 9.17) is 0 Å². The van der Waals surface area contributed by atoms with Gasteiger partial charge >= 0.3 is 0 Å². The highest BCUT2D eigenvalue weighted by Gasteiger charge is 2.19. The molecule has 1 aliphatic heterocycles. The molecular formula is C22H44N2. The van der Waals surface area contributed by atoms with Crippen molar-refractivity contribution in [2.75, 3.05) is 0 Å². The van der Waals surface area contributed by atoms with E-state index in [1.54, 1.807) is 0 Å². The van der Waals surface area contributed by atoms with E-state index in [0.717, 1.165) is 6.42 Å². The fraction of sp³-hybridized carbons (Fsp3) is 0.955. The standard InChI is InChI=1S/C22H44N2/c1-4-5-6-7-8-9-10-11-12-13-14-15-16-17-18-19-22-23-20(2)21(3)24-22/h20-21H,4-19H2,1-3H3,(H,23,24). The first-order valence-corrected chi connectivity index (χ1v) is 11.1. The predicted molar refractivity (Wildman–Crippen MR) is 109 cm³/mol. The van der Waals surface area contributed by atoms with Crippen molar-refractivity contribution in [2.45, 2.75) is 136 Å². The minimum absolute atomic E-state index is 0.469. The topological polar surface area (TPSA) is 24.4 Å². The lowest BCUT2D eigenvalue weighted by molar-refractivity contribution is 0.533. The van der Waals surface area contributed by atoms with Crippen molar-refractivity contribution in [3.63, 3.8) is 0 Å². The molecule has 0 bridgehead atoms. The van der Waals surface area contributed by atoms with Crippen LogP contribution in [0.25, 0.3) is 0 Å². The summed E-state index contributed by atoms with van der Waals surface area (Å²) in [4.78, 5) is 4.68. The van der Waals surface area contributed by atoms with Crippen molar-refractivity contribution in [1.82, 2.24) is 5.32 Å². The van der Waals surface area contributed by atoms with Gasteiger partial charge in [-0.25, -0.2) is 0 Å². The van der Waals surface area contributed by atoms with Crippen LogP contribution in [0.3, 0.4) is 0 Å². The summed E-state index contributed by atoms with van der Waals surface area (Å²) in [7, 11) is 0. The molecule has 0 aromatic heterocycles. The maximum Gasteiger partial charge on any atom is 0.0970 e. The summed E-state index contributed by atoms with van der Waals surface area (Å²) in [5.41, 5.74) is 0. The van der Waals surface area contributed by atoms with E-state index < -0.39 is 0 Å². The summed E-state index contributed by atoms with van der Waals surface area (Å²) in [6.07, 6.45) is 22.7. The Morgan fingerprint density at radius 3 is 1.46 bits per heavy atom. The Labute approximate surface area is 152 Å². The second kappa shape index (κ2) is 14.8. The number of rotatable bonds is 16.